The quantitative estimate of drug-likeness (QED) is 0.267. The lowest BCUT2D eigenvalue weighted by atomic mass is 9.93. The number of nitrogens with zero attached hydrogens (tertiary/aromatic N) is 1. The summed E-state index contributed by atoms with van der Waals surface area (Å²) in [5.41, 5.74) is 0.478. The average Bonchev–Trinajstić information content (AvgIpc) is 3.00. The lowest BCUT2D eigenvalue weighted by molar-refractivity contribution is -0.136. The van der Waals surface area contributed by atoms with Gasteiger partial charge in [-0.05, 0) is 30.9 Å². The van der Waals surface area contributed by atoms with Crippen molar-refractivity contribution in [2.75, 3.05) is 6.61 Å². The molecule has 0 aromatic heterocycles. The van der Waals surface area contributed by atoms with Crippen LogP contribution >= 0.6 is 0 Å². The molecule has 1 aromatic carbocycles. The van der Waals surface area contributed by atoms with Crippen LogP contribution in [0.25, 0.3) is 0 Å². The predicted octanol–water partition coefficient (Wildman–Crippen LogP) is 5.17. The average molecular weight is 483 g/mol. The molecule has 0 spiro atoms. The molecule has 1 saturated heterocycles. The zero-order chi connectivity index (χ0) is 24.6. The first-order chi connectivity index (χ1) is 17.1. The standard InChI is InChI=1S/C28H38N2O5/c31-24-18-17-22(26(32)29-24)30-27(33)21-15-11-16-23(25(21)28(30)34)35-19-10-6-2-1-3-7-12-20-13-8-4-5-9-14-20/h11,15-16,20,22H,1-10,12-14,17-19H2,(H,29,31,32). The Morgan fingerprint density at radius 2 is 1.54 bits per heavy atom. The van der Waals surface area contributed by atoms with Gasteiger partial charge >= 0.3 is 0 Å². The monoisotopic (exact) mass is 482 g/mol. The third kappa shape index (κ3) is 6.30. The summed E-state index contributed by atoms with van der Waals surface area (Å²) < 4.78 is 5.91. The number of hydrogen-bond donors (Lipinski definition) is 1. The van der Waals surface area contributed by atoms with Gasteiger partial charge in [0.2, 0.25) is 11.8 Å². The number of hydrogen-bond acceptors (Lipinski definition) is 5. The van der Waals surface area contributed by atoms with E-state index in [9.17, 15) is 19.2 Å². The highest BCUT2D eigenvalue weighted by molar-refractivity contribution is 6.24. The summed E-state index contributed by atoms with van der Waals surface area (Å²) in [5.74, 6) is -0.672. The van der Waals surface area contributed by atoms with E-state index < -0.39 is 23.8 Å². The van der Waals surface area contributed by atoms with E-state index >= 15 is 0 Å². The molecule has 4 amide bonds. The maximum atomic E-state index is 13.1. The van der Waals surface area contributed by atoms with Gasteiger partial charge in [-0.2, -0.15) is 0 Å². The van der Waals surface area contributed by atoms with Crippen LogP contribution in [0.4, 0.5) is 0 Å². The highest BCUT2D eigenvalue weighted by Gasteiger charge is 2.45. The second kappa shape index (κ2) is 12.3. The van der Waals surface area contributed by atoms with Gasteiger partial charge in [-0.25, -0.2) is 0 Å². The number of piperidine rings is 1. The number of imide groups is 2. The van der Waals surface area contributed by atoms with Gasteiger partial charge in [0.05, 0.1) is 17.7 Å². The first-order valence-electron chi connectivity index (χ1n) is 13.5. The number of rotatable bonds is 11. The molecule has 2 aliphatic heterocycles. The van der Waals surface area contributed by atoms with Crippen molar-refractivity contribution in [2.45, 2.75) is 102 Å². The molecule has 7 heteroatoms. The SMILES string of the molecule is O=C1CCC(N2C(=O)c3cccc(OCCCCCCCCC4CCCCCC4)c3C2=O)C(=O)N1. The van der Waals surface area contributed by atoms with Crippen LogP contribution in [-0.4, -0.2) is 41.2 Å². The van der Waals surface area contributed by atoms with E-state index in [4.69, 9.17) is 4.74 Å². The number of carbonyl (C=O) groups excluding carboxylic acids is 4. The number of nitrogens with one attached hydrogen (secondary N) is 1. The summed E-state index contributed by atoms with van der Waals surface area (Å²) in [4.78, 5) is 50.6. The maximum absolute atomic E-state index is 13.1. The smallest absolute Gasteiger partial charge is 0.266 e. The molecule has 2 heterocycles. The molecule has 1 saturated carbocycles. The molecule has 4 rings (SSSR count). The molecule has 35 heavy (non-hydrogen) atoms. The zero-order valence-electron chi connectivity index (χ0n) is 20.7. The number of benzene rings is 1. The fourth-order valence-corrected chi connectivity index (χ4v) is 5.68. The van der Waals surface area contributed by atoms with E-state index in [1.54, 1.807) is 18.2 Å². The summed E-state index contributed by atoms with van der Waals surface area (Å²) in [5, 5.41) is 2.22. The van der Waals surface area contributed by atoms with Crippen LogP contribution in [0, 0.1) is 5.92 Å². The Hall–Kier alpha value is -2.70. The maximum Gasteiger partial charge on any atom is 0.266 e. The van der Waals surface area contributed by atoms with Crippen LogP contribution in [0.3, 0.4) is 0 Å². The van der Waals surface area contributed by atoms with E-state index in [2.05, 4.69) is 5.32 Å². The van der Waals surface area contributed by atoms with E-state index in [-0.39, 0.29) is 29.9 Å². The Kier molecular flexibility index (Phi) is 8.94. The van der Waals surface area contributed by atoms with E-state index in [0.717, 1.165) is 23.7 Å². The predicted molar refractivity (Wildman–Crippen MR) is 132 cm³/mol. The Bertz CT molecular complexity index is 935. The molecule has 7 nitrogen and oxygen atoms in total. The summed E-state index contributed by atoms with van der Waals surface area (Å²) in [6.45, 7) is 0.485. The molecule has 3 aliphatic rings. The Morgan fingerprint density at radius 1 is 0.829 bits per heavy atom. The molecule has 1 unspecified atom stereocenters. The summed E-state index contributed by atoms with van der Waals surface area (Å²) in [7, 11) is 0. The van der Waals surface area contributed by atoms with Crippen LogP contribution in [0.1, 0.15) is 117 Å². The third-order valence-corrected chi connectivity index (χ3v) is 7.67. The second-order valence-corrected chi connectivity index (χ2v) is 10.2. The summed E-state index contributed by atoms with van der Waals surface area (Å²) >= 11 is 0. The minimum absolute atomic E-state index is 0.105. The fraction of sp³-hybridized carbons (Fsp3) is 0.643. The van der Waals surface area contributed by atoms with Crippen molar-refractivity contribution in [3.63, 3.8) is 0 Å². The Labute approximate surface area is 208 Å². The highest BCUT2D eigenvalue weighted by atomic mass is 16.5. The number of fused-ring (bicyclic) bond motifs is 1. The minimum Gasteiger partial charge on any atom is -0.493 e. The molecular formula is C28H38N2O5. The van der Waals surface area contributed by atoms with Gasteiger partial charge in [-0.1, -0.05) is 83.1 Å². The molecule has 1 N–H and O–H groups in total. The minimum atomic E-state index is -0.962. The van der Waals surface area contributed by atoms with Gasteiger partial charge in [0.15, 0.2) is 0 Å². The van der Waals surface area contributed by atoms with Crippen LogP contribution in [0.5, 0.6) is 5.75 Å². The number of unbranched alkanes of at least 4 members (excludes halogenated alkanes) is 5. The topological polar surface area (TPSA) is 92.8 Å². The molecule has 1 aromatic rings. The molecule has 0 bridgehead atoms. The Balaban J connectivity index is 1.19. The molecule has 2 fully saturated rings. The van der Waals surface area contributed by atoms with E-state index in [1.165, 1.54) is 70.6 Å². The fourth-order valence-electron chi connectivity index (χ4n) is 5.68. The van der Waals surface area contributed by atoms with Crippen molar-refractivity contribution in [2.24, 2.45) is 5.92 Å². The number of ether oxygens (including phenoxy) is 1. The van der Waals surface area contributed by atoms with Gasteiger partial charge in [0.25, 0.3) is 11.8 Å². The summed E-state index contributed by atoms with van der Waals surface area (Å²) in [6, 6.07) is 4.02. The van der Waals surface area contributed by atoms with Crippen LogP contribution in [-0.2, 0) is 9.59 Å². The van der Waals surface area contributed by atoms with Gasteiger partial charge in [-0.3, -0.25) is 29.4 Å². The molecule has 190 valence electrons. The first kappa shape index (κ1) is 25.4. The van der Waals surface area contributed by atoms with Gasteiger partial charge < -0.3 is 4.74 Å². The van der Waals surface area contributed by atoms with Crippen molar-refractivity contribution >= 4 is 23.6 Å². The van der Waals surface area contributed by atoms with Crippen molar-refractivity contribution in [3.05, 3.63) is 29.3 Å². The van der Waals surface area contributed by atoms with Crippen molar-refractivity contribution in [3.8, 4) is 5.75 Å². The molecule has 0 radical (unpaired) electrons. The van der Waals surface area contributed by atoms with Crippen LogP contribution < -0.4 is 10.1 Å². The van der Waals surface area contributed by atoms with Crippen molar-refractivity contribution < 1.29 is 23.9 Å². The largest absolute Gasteiger partial charge is 0.493 e. The summed E-state index contributed by atoms with van der Waals surface area (Å²) in [6.07, 6.45) is 17.2. The van der Waals surface area contributed by atoms with Crippen molar-refractivity contribution in [1.82, 2.24) is 10.2 Å². The highest BCUT2D eigenvalue weighted by Crippen LogP contribution is 2.34. The first-order valence-corrected chi connectivity index (χ1v) is 13.5. The number of carbonyl (C=O) groups is 4. The van der Waals surface area contributed by atoms with Crippen molar-refractivity contribution in [1.29, 1.82) is 0 Å². The molecule has 1 atom stereocenters. The third-order valence-electron chi connectivity index (χ3n) is 7.67. The molecule has 1 aliphatic carbocycles. The number of amides is 4. The van der Waals surface area contributed by atoms with Gasteiger partial charge in [0, 0.05) is 6.42 Å². The van der Waals surface area contributed by atoms with Crippen LogP contribution in [0.15, 0.2) is 18.2 Å². The lowest BCUT2D eigenvalue weighted by Crippen LogP contribution is -2.54. The lowest BCUT2D eigenvalue weighted by Gasteiger charge is -2.27. The van der Waals surface area contributed by atoms with E-state index in [1.807, 2.05) is 0 Å². The van der Waals surface area contributed by atoms with Crippen LogP contribution in [0.2, 0.25) is 0 Å². The zero-order valence-corrected chi connectivity index (χ0v) is 20.7. The normalized spacial score (nSPS) is 21.1. The second-order valence-electron chi connectivity index (χ2n) is 10.2. The van der Waals surface area contributed by atoms with E-state index in [0.29, 0.717) is 12.4 Å². The van der Waals surface area contributed by atoms with Gasteiger partial charge in [0.1, 0.15) is 11.8 Å². The van der Waals surface area contributed by atoms with Gasteiger partial charge in [-0.15, -0.1) is 0 Å². The molecular weight excluding hydrogens is 444 g/mol. The Morgan fingerprint density at radius 3 is 2.29 bits per heavy atom.